The second kappa shape index (κ2) is 4.60. The number of esters is 1. The lowest BCUT2D eigenvalue weighted by atomic mass is 9.74. The lowest BCUT2D eigenvalue weighted by Crippen LogP contribution is -2.32. The molecule has 0 amide bonds. The maximum absolute atomic E-state index is 12.6. The van der Waals surface area contributed by atoms with Gasteiger partial charge in [-0.15, -0.1) is 0 Å². The Morgan fingerprint density at radius 3 is 2.67 bits per heavy atom. The van der Waals surface area contributed by atoms with E-state index in [4.69, 9.17) is 9.47 Å². The van der Waals surface area contributed by atoms with E-state index in [0.717, 1.165) is 29.7 Å². The van der Waals surface area contributed by atoms with Gasteiger partial charge in [0, 0.05) is 12.0 Å². The molecular formula is C21H16O3. The van der Waals surface area contributed by atoms with Crippen molar-refractivity contribution in [2.24, 2.45) is 0 Å². The van der Waals surface area contributed by atoms with E-state index in [1.54, 1.807) is 7.11 Å². The smallest absolute Gasteiger partial charge is 0.339 e. The second-order valence-electron chi connectivity index (χ2n) is 6.42. The van der Waals surface area contributed by atoms with Crippen LogP contribution in [-0.2, 0) is 16.8 Å². The minimum absolute atomic E-state index is 0.264. The molecule has 24 heavy (non-hydrogen) atoms. The number of methoxy groups -OCH3 is 1. The van der Waals surface area contributed by atoms with Gasteiger partial charge in [0.15, 0.2) is 5.60 Å². The fourth-order valence-corrected chi connectivity index (χ4v) is 4.33. The van der Waals surface area contributed by atoms with E-state index in [2.05, 4.69) is 30.3 Å². The average molecular weight is 316 g/mol. The Morgan fingerprint density at radius 1 is 1.04 bits per heavy atom. The van der Waals surface area contributed by atoms with E-state index in [0.29, 0.717) is 5.56 Å². The van der Waals surface area contributed by atoms with Crippen LogP contribution in [0.25, 0.3) is 10.8 Å². The summed E-state index contributed by atoms with van der Waals surface area (Å²) in [7, 11) is 1.64. The van der Waals surface area contributed by atoms with Crippen molar-refractivity contribution in [3.05, 3.63) is 76.9 Å². The van der Waals surface area contributed by atoms with Gasteiger partial charge in [0.2, 0.25) is 0 Å². The normalized spacial score (nSPS) is 21.0. The van der Waals surface area contributed by atoms with Gasteiger partial charge in [0.1, 0.15) is 5.75 Å². The third-order valence-corrected chi connectivity index (χ3v) is 5.31. The average Bonchev–Trinajstić information content (AvgIpc) is 2.92. The van der Waals surface area contributed by atoms with Crippen molar-refractivity contribution < 1.29 is 14.3 Å². The summed E-state index contributed by atoms with van der Waals surface area (Å²) in [6.07, 6.45) is 1.61. The van der Waals surface area contributed by atoms with Gasteiger partial charge in [-0.25, -0.2) is 4.79 Å². The van der Waals surface area contributed by atoms with Crippen molar-refractivity contribution in [1.82, 2.24) is 0 Å². The number of rotatable bonds is 1. The summed E-state index contributed by atoms with van der Waals surface area (Å²) in [4.78, 5) is 12.6. The largest absolute Gasteiger partial charge is 0.496 e. The van der Waals surface area contributed by atoms with Crippen molar-refractivity contribution >= 4 is 16.7 Å². The summed E-state index contributed by atoms with van der Waals surface area (Å²) in [5.74, 6) is 0.454. The van der Waals surface area contributed by atoms with E-state index in [1.807, 2.05) is 24.3 Å². The highest BCUT2D eigenvalue weighted by molar-refractivity contribution is 5.99. The molecule has 3 aromatic rings. The maximum Gasteiger partial charge on any atom is 0.339 e. The Balaban J connectivity index is 1.90. The molecule has 2 aliphatic rings. The SMILES string of the molecule is COc1cccc2c1C1(CCc3cccc4cccc1c34)OC2=O. The van der Waals surface area contributed by atoms with Gasteiger partial charge in [-0.3, -0.25) is 0 Å². The molecule has 3 nitrogen and oxygen atoms in total. The highest BCUT2D eigenvalue weighted by Gasteiger charge is 2.51. The number of hydrogen-bond donors (Lipinski definition) is 0. The monoisotopic (exact) mass is 316 g/mol. The Hall–Kier alpha value is -2.81. The molecule has 0 radical (unpaired) electrons. The first-order chi connectivity index (χ1) is 11.7. The Bertz CT molecular complexity index is 1000. The molecule has 0 N–H and O–H groups in total. The molecule has 0 saturated carbocycles. The molecule has 1 aliphatic heterocycles. The van der Waals surface area contributed by atoms with Gasteiger partial charge < -0.3 is 9.47 Å². The van der Waals surface area contributed by atoms with Crippen LogP contribution < -0.4 is 4.74 Å². The minimum atomic E-state index is -0.743. The standard InChI is InChI=1S/C21H16O3/c1-23-17-10-4-8-15-19(17)21(24-20(15)22)12-11-14-6-2-5-13-7-3-9-16(21)18(13)14/h2-10H,11-12H2,1H3. The summed E-state index contributed by atoms with van der Waals surface area (Å²) in [6, 6.07) is 18.2. The number of ether oxygens (including phenoxy) is 2. The molecule has 1 unspecified atom stereocenters. The molecule has 5 rings (SSSR count). The van der Waals surface area contributed by atoms with Crippen molar-refractivity contribution in [2.75, 3.05) is 7.11 Å². The third-order valence-electron chi connectivity index (χ3n) is 5.31. The van der Waals surface area contributed by atoms with Crippen LogP contribution in [0.4, 0.5) is 0 Å². The molecule has 0 saturated heterocycles. The molecule has 0 fully saturated rings. The van der Waals surface area contributed by atoms with Crippen LogP contribution >= 0.6 is 0 Å². The summed E-state index contributed by atoms with van der Waals surface area (Å²) >= 11 is 0. The van der Waals surface area contributed by atoms with Gasteiger partial charge in [-0.05, 0) is 34.9 Å². The fourth-order valence-electron chi connectivity index (χ4n) is 4.33. The van der Waals surface area contributed by atoms with E-state index in [-0.39, 0.29) is 5.97 Å². The molecule has 118 valence electrons. The second-order valence-corrected chi connectivity index (χ2v) is 6.42. The van der Waals surface area contributed by atoms with Crippen LogP contribution in [0.1, 0.15) is 33.5 Å². The fraction of sp³-hybridized carbons (Fsp3) is 0.190. The predicted molar refractivity (Wildman–Crippen MR) is 91.5 cm³/mol. The highest BCUT2D eigenvalue weighted by Crippen LogP contribution is 2.53. The van der Waals surface area contributed by atoms with Crippen LogP contribution in [0.2, 0.25) is 0 Å². The zero-order valence-electron chi connectivity index (χ0n) is 13.3. The van der Waals surface area contributed by atoms with Crippen LogP contribution in [0, 0.1) is 0 Å². The van der Waals surface area contributed by atoms with E-state index < -0.39 is 5.60 Å². The van der Waals surface area contributed by atoms with E-state index >= 15 is 0 Å². The van der Waals surface area contributed by atoms with Crippen molar-refractivity contribution in [1.29, 1.82) is 0 Å². The number of carbonyl (C=O) groups is 1. The highest BCUT2D eigenvalue weighted by atomic mass is 16.6. The van der Waals surface area contributed by atoms with Gasteiger partial charge in [0.25, 0.3) is 0 Å². The number of carbonyl (C=O) groups excluding carboxylic acids is 1. The van der Waals surface area contributed by atoms with Crippen molar-refractivity contribution in [3.63, 3.8) is 0 Å². The van der Waals surface area contributed by atoms with Crippen LogP contribution in [0.3, 0.4) is 0 Å². The third kappa shape index (κ3) is 1.54. The molecule has 1 spiro atoms. The molecule has 3 aromatic carbocycles. The number of fused-ring (bicyclic) bond motifs is 3. The van der Waals surface area contributed by atoms with E-state index in [9.17, 15) is 4.79 Å². The lowest BCUT2D eigenvalue weighted by molar-refractivity contribution is 0.00641. The molecule has 1 aliphatic carbocycles. The van der Waals surface area contributed by atoms with Gasteiger partial charge in [-0.1, -0.05) is 42.5 Å². The van der Waals surface area contributed by atoms with Gasteiger partial charge in [-0.2, -0.15) is 0 Å². The first kappa shape index (κ1) is 13.6. The van der Waals surface area contributed by atoms with Crippen LogP contribution in [-0.4, -0.2) is 13.1 Å². The van der Waals surface area contributed by atoms with Gasteiger partial charge in [0.05, 0.1) is 18.2 Å². The first-order valence-corrected chi connectivity index (χ1v) is 8.16. The number of aryl methyl sites for hydroxylation is 1. The first-order valence-electron chi connectivity index (χ1n) is 8.16. The maximum atomic E-state index is 12.6. The number of hydrogen-bond acceptors (Lipinski definition) is 3. The quantitative estimate of drug-likeness (QED) is 0.631. The molecular weight excluding hydrogens is 300 g/mol. The minimum Gasteiger partial charge on any atom is -0.496 e. The Kier molecular flexibility index (Phi) is 2.61. The molecule has 1 atom stereocenters. The van der Waals surface area contributed by atoms with Crippen molar-refractivity contribution in [2.45, 2.75) is 18.4 Å². The Labute approximate surface area is 139 Å². The van der Waals surface area contributed by atoms with Crippen LogP contribution in [0.15, 0.2) is 54.6 Å². The van der Waals surface area contributed by atoms with Crippen LogP contribution in [0.5, 0.6) is 5.75 Å². The molecule has 3 heteroatoms. The zero-order valence-corrected chi connectivity index (χ0v) is 13.3. The predicted octanol–water partition coefficient (Wildman–Crippen LogP) is 4.21. The summed E-state index contributed by atoms with van der Waals surface area (Å²) in [5.41, 5.74) is 3.13. The molecule has 0 bridgehead atoms. The Morgan fingerprint density at radius 2 is 1.83 bits per heavy atom. The zero-order chi connectivity index (χ0) is 16.3. The number of benzene rings is 3. The summed E-state index contributed by atoms with van der Waals surface area (Å²) in [6.45, 7) is 0. The van der Waals surface area contributed by atoms with Gasteiger partial charge >= 0.3 is 5.97 Å². The molecule has 1 heterocycles. The van der Waals surface area contributed by atoms with Crippen molar-refractivity contribution in [3.8, 4) is 5.75 Å². The summed E-state index contributed by atoms with van der Waals surface area (Å²) in [5, 5.41) is 2.39. The van der Waals surface area contributed by atoms with E-state index in [1.165, 1.54) is 16.3 Å². The topological polar surface area (TPSA) is 35.5 Å². The summed E-state index contributed by atoms with van der Waals surface area (Å²) < 4.78 is 11.6. The molecule has 0 aromatic heterocycles. The lowest BCUT2D eigenvalue weighted by Gasteiger charge is -2.35.